The van der Waals surface area contributed by atoms with Crippen LogP contribution in [0.2, 0.25) is 0 Å². The molecule has 0 saturated carbocycles. The third kappa shape index (κ3) is 3.10. The van der Waals surface area contributed by atoms with Crippen molar-refractivity contribution in [1.29, 1.82) is 0 Å². The Labute approximate surface area is 103 Å². The van der Waals surface area contributed by atoms with Crippen LogP contribution < -0.4 is 10.2 Å². The van der Waals surface area contributed by atoms with Gasteiger partial charge in [-0.15, -0.1) is 0 Å². The molecule has 0 radical (unpaired) electrons. The molecule has 1 aliphatic heterocycles. The lowest BCUT2D eigenvalue weighted by atomic mass is 10.3. The van der Waals surface area contributed by atoms with Gasteiger partial charge in [-0.25, -0.2) is 9.97 Å². The molecule has 1 aromatic heterocycles. The lowest BCUT2D eigenvalue weighted by Crippen LogP contribution is -2.30. The first-order chi connectivity index (χ1) is 8.47. The number of hydrogen-bond donors (Lipinski definition) is 1. The smallest absolute Gasteiger partial charge is 0.339 e. The number of anilines is 1. The maximum absolute atomic E-state index is 12.7. The summed E-state index contributed by atoms with van der Waals surface area (Å²) in [5.41, 5.74) is -0.535. The number of rotatable bonds is 1. The average Bonchev–Trinajstić information content (AvgIpc) is 2.55. The van der Waals surface area contributed by atoms with E-state index < -0.39 is 11.9 Å². The minimum absolute atomic E-state index is 0.172. The average molecular weight is 260 g/mol. The Morgan fingerprint density at radius 2 is 2.00 bits per heavy atom. The first kappa shape index (κ1) is 13.1. The van der Waals surface area contributed by atoms with E-state index in [2.05, 4.69) is 15.3 Å². The molecule has 0 atom stereocenters. The summed E-state index contributed by atoms with van der Waals surface area (Å²) in [4.78, 5) is 9.53. The van der Waals surface area contributed by atoms with Gasteiger partial charge in [0.05, 0.1) is 0 Å². The summed E-state index contributed by atoms with van der Waals surface area (Å²) in [6.45, 7) is 4.46. The summed E-state index contributed by atoms with van der Waals surface area (Å²) in [5.74, 6) is 0.172. The van der Waals surface area contributed by atoms with Crippen LogP contribution >= 0.6 is 0 Å². The minimum atomic E-state index is -4.42. The van der Waals surface area contributed by atoms with E-state index in [4.69, 9.17) is 0 Å². The van der Waals surface area contributed by atoms with Crippen LogP contribution in [0.3, 0.4) is 0 Å². The van der Waals surface area contributed by atoms with E-state index in [1.807, 2.05) is 0 Å². The van der Waals surface area contributed by atoms with Gasteiger partial charge in [0, 0.05) is 25.3 Å². The molecule has 2 heterocycles. The van der Waals surface area contributed by atoms with Gasteiger partial charge in [0.1, 0.15) is 5.69 Å². The molecular formula is C11H15F3N4. The van der Waals surface area contributed by atoms with Crippen molar-refractivity contribution in [2.24, 2.45) is 0 Å². The maximum Gasteiger partial charge on any atom is 0.433 e. The van der Waals surface area contributed by atoms with Crippen LogP contribution in [-0.2, 0) is 6.18 Å². The second-order valence-electron chi connectivity index (χ2n) is 4.28. The summed E-state index contributed by atoms with van der Waals surface area (Å²) in [6.07, 6.45) is -3.55. The number of aromatic nitrogens is 2. The van der Waals surface area contributed by atoms with Gasteiger partial charge in [0.25, 0.3) is 0 Å². The summed E-state index contributed by atoms with van der Waals surface area (Å²) < 4.78 is 38.0. The lowest BCUT2D eigenvalue weighted by molar-refractivity contribution is -0.141. The van der Waals surface area contributed by atoms with Gasteiger partial charge >= 0.3 is 6.18 Å². The second kappa shape index (κ2) is 5.09. The van der Waals surface area contributed by atoms with Crippen molar-refractivity contribution in [3.63, 3.8) is 0 Å². The predicted molar refractivity (Wildman–Crippen MR) is 61.5 cm³/mol. The first-order valence-electron chi connectivity index (χ1n) is 5.85. The fraction of sp³-hybridized carbons (Fsp3) is 0.636. The van der Waals surface area contributed by atoms with Crippen molar-refractivity contribution >= 4 is 5.95 Å². The molecule has 100 valence electrons. The molecule has 2 rings (SSSR count). The third-order valence-corrected chi connectivity index (χ3v) is 2.76. The topological polar surface area (TPSA) is 41.1 Å². The van der Waals surface area contributed by atoms with Crippen LogP contribution in [0.25, 0.3) is 0 Å². The Bertz CT molecular complexity index is 411. The molecule has 0 amide bonds. The zero-order valence-corrected chi connectivity index (χ0v) is 10.1. The lowest BCUT2D eigenvalue weighted by Gasteiger charge is -2.21. The first-order valence-corrected chi connectivity index (χ1v) is 5.85. The van der Waals surface area contributed by atoms with Crippen molar-refractivity contribution < 1.29 is 13.2 Å². The molecule has 1 N–H and O–H groups in total. The Morgan fingerprint density at radius 3 is 2.72 bits per heavy atom. The highest BCUT2D eigenvalue weighted by atomic mass is 19.4. The molecule has 0 aliphatic carbocycles. The van der Waals surface area contributed by atoms with Crippen LogP contribution in [0.5, 0.6) is 0 Å². The number of alkyl halides is 3. The maximum atomic E-state index is 12.7. The number of nitrogens with zero attached hydrogens (tertiary/aromatic N) is 3. The normalized spacial score (nSPS) is 17.7. The Morgan fingerprint density at radius 1 is 1.22 bits per heavy atom. The highest BCUT2D eigenvalue weighted by molar-refractivity contribution is 5.33. The predicted octanol–water partition coefficient (Wildman–Crippen LogP) is 1.60. The van der Waals surface area contributed by atoms with Crippen LogP contribution in [0.1, 0.15) is 17.8 Å². The van der Waals surface area contributed by atoms with Crippen LogP contribution in [0, 0.1) is 6.92 Å². The Hall–Kier alpha value is -1.37. The van der Waals surface area contributed by atoms with Gasteiger partial charge in [-0.05, 0) is 26.0 Å². The van der Waals surface area contributed by atoms with Gasteiger partial charge in [-0.3, -0.25) is 0 Å². The van der Waals surface area contributed by atoms with Crippen LogP contribution in [-0.4, -0.2) is 36.1 Å². The van der Waals surface area contributed by atoms with E-state index in [0.717, 1.165) is 25.6 Å². The summed E-state index contributed by atoms with van der Waals surface area (Å²) >= 11 is 0. The summed E-state index contributed by atoms with van der Waals surface area (Å²) in [5, 5.41) is 3.19. The molecule has 0 spiro atoms. The minimum Gasteiger partial charge on any atom is -0.339 e. The fourth-order valence-corrected chi connectivity index (χ4v) is 1.89. The quantitative estimate of drug-likeness (QED) is 0.832. The van der Waals surface area contributed by atoms with Crippen molar-refractivity contribution in [1.82, 2.24) is 15.3 Å². The number of halogens is 3. The van der Waals surface area contributed by atoms with Gasteiger partial charge in [-0.2, -0.15) is 13.2 Å². The number of nitrogens with one attached hydrogen (secondary N) is 1. The number of aryl methyl sites for hydroxylation is 1. The van der Waals surface area contributed by atoms with Crippen molar-refractivity contribution in [2.45, 2.75) is 19.5 Å². The standard InChI is InChI=1S/C11H15F3N4/c1-8-7-9(11(12,13)14)17-10(16-8)18-5-2-3-15-4-6-18/h7,15H,2-6H2,1H3. The van der Waals surface area contributed by atoms with Crippen LogP contribution in [0.4, 0.5) is 19.1 Å². The van der Waals surface area contributed by atoms with Crippen molar-refractivity contribution in [3.8, 4) is 0 Å². The zero-order valence-electron chi connectivity index (χ0n) is 10.1. The van der Waals surface area contributed by atoms with Gasteiger partial charge in [-0.1, -0.05) is 0 Å². The van der Waals surface area contributed by atoms with Crippen LogP contribution in [0.15, 0.2) is 6.07 Å². The summed E-state index contributed by atoms with van der Waals surface area (Å²) in [7, 11) is 0. The molecule has 1 fully saturated rings. The fourth-order valence-electron chi connectivity index (χ4n) is 1.89. The molecule has 4 nitrogen and oxygen atoms in total. The molecule has 7 heteroatoms. The molecule has 0 unspecified atom stereocenters. The molecule has 0 aromatic carbocycles. The summed E-state index contributed by atoms with van der Waals surface area (Å²) in [6, 6.07) is 0.972. The molecule has 1 aromatic rings. The van der Waals surface area contributed by atoms with Crippen molar-refractivity contribution in [3.05, 3.63) is 17.5 Å². The number of hydrogen-bond acceptors (Lipinski definition) is 4. The van der Waals surface area contributed by atoms with E-state index in [1.54, 1.807) is 11.8 Å². The van der Waals surface area contributed by atoms with Gasteiger partial charge in [0.2, 0.25) is 5.95 Å². The highest BCUT2D eigenvalue weighted by Gasteiger charge is 2.33. The molecule has 1 aliphatic rings. The van der Waals surface area contributed by atoms with E-state index in [-0.39, 0.29) is 5.95 Å². The second-order valence-corrected chi connectivity index (χ2v) is 4.28. The molecule has 0 bridgehead atoms. The molecule has 18 heavy (non-hydrogen) atoms. The molecular weight excluding hydrogens is 245 g/mol. The molecule has 1 saturated heterocycles. The van der Waals surface area contributed by atoms with E-state index in [1.165, 1.54) is 0 Å². The largest absolute Gasteiger partial charge is 0.433 e. The SMILES string of the molecule is Cc1cc(C(F)(F)F)nc(N2CCCNCC2)n1. The van der Waals surface area contributed by atoms with E-state index >= 15 is 0 Å². The monoisotopic (exact) mass is 260 g/mol. The van der Waals surface area contributed by atoms with E-state index in [9.17, 15) is 13.2 Å². The van der Waals surface area contributed by atoms with Gasteiger partial charge < -0.3 is 10.2 Å². The Balaban J connectivity index is 2.29. The van der Waals surface area contributed by atoms with Crippen molar-refractivity contribution in [2.75, 3.05) is 31.1 Å². The van der Waals surface area contributed by atoms with Gasteiger partial charge in [0.15, 0.2) is 0 Å². The van der Waals surface area contributed by atoms with E-state index in [0.29, 0.717) is 18.8 Å². The zero-order chi connectivity index (χ0) is 13.2. The third-order valence-electron chi connectivity index (χ3n) is 2.76. The highest BCUT2D eigenvalue weighted by Crippen LogP contribution is 2.29. The Kier molecular flexibility index (Phi) is 3.70.